The fourth-order valence-electron chi connectivity index (χ4n) is 2.37. The van der Waals surface area contributed by atoms with Gasteiger partial charge in [-0.15, -0.1) is 0 Å². The second kappa shape index (κ2) is 4.39. The molecule has 1 aromatic carbocycles. The van der Waals surface area contributed by atoms with Gasteiger partial charge in [0.05, 0.1) is 12.9 Å². The summed E-state index contributed by atoms with van der Waals surface area (Å²) in [5.41, 5.74) is 1.08. The van der Waals surface area contributed by atoms with Crippen molar-refractivity contribution in [2.45, 2.75) is 12.8 Å². The molecule has 0 bridgehead atoms. The summed E-state index contributed by atoms with van der Waals surface area (Å²) in [6.45, 7) is 0.591. The van der Waals surface area contributed by atoms with Gasteiger partial charge in [-0.1, -0.05) is 24.3 Å². The highest BCUT2D eigenvalue weighted by molar-refractivity contribution is 6.39. The van der Waals surface area contributed by atoms with E-state index in [0.29, 0.717) is 29.7 Å². The number of hydrogen-bond acceptors (Lipinski definition) is 4. The van der Waals surface area contributed by atoms with Gasteiger partial charge >= 0.3 is 0 Å². The summed E-state index contributed by atoms with van der Waals surface area (Å²) < 4.78 is 5.13. The fraction of sp³-hybridized carbons (Fsp3) is 0.200. The van der Waals surface area contributed by atoms with Crippen LogP contribution in [0.3, 0.4) is 0 Å². The second-order valence-corrected chi connectivity index (χ2v) is 4.54. The van der Waals surface area contributed by atoms with Crippen LogP contribution in [-0.2, 0) is 4.74 Å². The summed E-state index contributed by atoms with van der Waals surface area (Å²) in [5, 5.41) is 10.2. The maximum absolute atomic E-state index is 12.2. The van der Waals surface area contributed by atoms with Crippen molar-refractivity contribution in [3.05, 3.63) is 58.6 Å². The zero-order valence-electron chi connectivity index (χ0n) is 10.2. The molecule has 0 saturated heterocycles. The maximum Gasteiger partial charge on any atom is 0.201 e. The highest BCUT2D eigenvalue weighted by Crippen LogP contribution is 2.31. The third kappa shape index (κ3) is 1.76. The standard InChI is InChI=1S/C15H12O4/c16-13(9-4-3-7-19-8-9)12-14(17)10-5-1-2-6-11(10)15(12)18/h1-2,5-6,8,16H,3-4,7H2. The molecule has 2 aliphatic rings. The smallest absolute Gasteiger partial charge is 0.201 e. The molecule has 0 unspecified atom stereocenters. The van der Waals surface area contributed by atoms with Crippen LogP contribution in [0.1, 0.15) is 33.6 Å². The van der Waals surface area contributed by atoms with E-state index in [9.17, 15) is 14.7 Å². The normalized spacial score (nSPS) is 17.9. The van der Waals surface area contributed by atoms with E-state index in [2.05, 4.69) is 0 Å². The molecule has 4 heteroatoms. The molecule has 0 radical (unpaired) electrons. The van der Waals surface area contributed by atoms with E-state index >= 15 is 0 Å². The Labute approximate surface area is 110 Å². The molecule has 1 aromatic rings. The summed E-state index contributed by atoms with van der Waals surface area (Å²) in [7, 11) is 0. The van der Waals surface area contributed by atoms with Crippen molar-refractivity contribution in [1.82, 2.24) is 0 Å². The summed E-state index contributed by atoms with van der Waals surface area (Å²) >= 11 is 0. The fourth-order valence-corrected chi connectivity index (χ4v) is 2.37. The lowest BCUT2D eigenvalue weighted by atomic mass is 10.0. The maximum atomic E-state index is 12.2. The minimum Gasteiger partial charge on any atom is -0.507 e. The van der Waals surface area contributed by atoms with E-state index in [1.54, 1.807) is 24.3 Å². The molecule has 3 rings (SSSR count). The van der Waals surface area contributed by atoms with Crippen molar-refractivity contribution in [3.8, 4) is 0 Å². The van der Waals surface area contributed by atoms with E-state index < -0.39 is 11.6 Å². The first-order valence-corrected chi connectivity index (χ1v) is 6.13. The van der Waals surface area contributed by atoms with Crippen molar-refractivity contribution in [1.29, 1.82) is 0 Å². The van der Waals surface area contributed by atoms with Crippen LogP contribution < -0.4 is 0 Å². The number of rotatable bonds is 1. The lowest BCUT2D eigenvalue weighted by molar-refractivity contribution is 0.0981. The molecule has 4 nitrogen and oxygen atoms in total. The molecule has 1 heterocycles. The summed E-state index contributed by atoms with van der Waals surface area (Å²) in [5.74, 6) is -1.07. The Morgan fingerprint density at radius 2 is 1.74 bits per heavy atom. The topological polar surface area (TPSA) is 63.6 Å². The SMILES string of the molecule is O=C1C(=C(O)C2=COCCC2)C(=O)c2ccccc21. The minimum absolute atomic E-state index is 0.141. The number of ketones is 2. The molecule has 0 amide bonds. The molecule has 0 saturated carbocycles. The van der Waals surface area contributed by atoms with Gasteiger partial charge in [0.15, 0.2) is 0 Å². The number of hydrogen-bond donors (Lipinski definition) is 1. The molecule has 0 aromatic heterocycles. The molecule has 0 atom stereocenters. The predicted octanol–water partition coefficient (Wildman–Crippen LogP) is 2.57. The molecular weight excluding hydrogens is 244 g/mol. The molecule has 19 heavy (non-hydrogen) atoms. The zero-order valence-corrected chi connectivity index (χ0v) is 10.2. The van der Waals surface area contributed by atoms with Crippen LogP contribution in [0.25, 0.3) is 0 Å². The van der Waals surface area contributed by atoms with Crippen molar-refractivity contribution in [3.63, 3.8) is 0 Å². The first kappa shape index (κ1) is 11.7. The van der Waals surface area contributed by atoms with Crippen LogP contribution in [0.15, 0.2) is 47.4 Å². The van der Waals surface area contributed by atoms with Crippen LogP contribution >= 0.6 is 0 Å². The molecular formula is C15H12O4. The van der Waals surface area contributed by atoms with E-state index in [1.165, 1.54) is 6.26 Å². The first-order valence-electron chi connectivity index (χ1n) is 6.13. The average molecular weight is 256 g/mol. The molecule has 96 valence electrons. The van der Waals surface area contributed by atoms with Gasteiger partial charge in [0, 0.05) is 16.7 Å². The highest BCUT2D eigenvalue weighted by Gasteiger charge is 2.36. The molecule has 0 spiro atoms. The van der Waals surface area contributed by atoms with Gasteiger partial charge in [-0.2, -0.15) is 0 Å². The van der Waals surface area contributed by atoms with Gasteiger partial charge in [0.1, 0.15) is 11.3 Å². The third-order valence-corrected chi connectivity index (χ3v) is 3.35. The van der Waals surface area contributed by atoms with Crippen LogP contribution in [0.2, 0.25) is 0 Å². The van der Waals surface area contributed by atoms with Gasteiger partial charge in [-0.05, 0) is 12.8 Å². The van der Waals surface area contributed by atoms with Gasteiger partial charge in [-0.25, -0.2) is 0 Å². The van der Waals surface area contributed by atoms with Crippen molar-refractivity contribution < 1.29 is 19.4 Å². The van der Waals surface area contributed by atoms with E-state index in [-0.39, 0.29) is 11.3 Å². The van der Waals surface area contributed by atoms with Gasteiger partial charge in [0.2, 0.25) is 11.6 Å². The Morgan fingerprint density at radius 1 is 1.11 bits per heavy atom. The number of aliphatic hydroxyl groups is 1. The minimum atomic E-state index is -0.412. The zero-order chi connectivity index (χ0) is 13.4. The Hall–Kier alpha value is -2.36. The number of aliphatic hydroxyl groups excluding tert-OH is 1. The number of allylic oxidation sites excluding steroid dienone is 2. The second-order valence-electron chi connectivity index (χ2n) is 4.54. The summed E-state index contributed by atoms with van der Waals surface area (Å²) in [4.78, 5) is 24.4. The van der Waals surface area contributed by atoms with E-state index in [4.69, 9.17) is 4.74 Å². The number of Topliss-reactive ketones (excluding diaryl/α,β-unsaturated/α-hetero) is 2. The van der Waals surface area contributed by atoms with Crippen LogP contribution in [-0.4, -0.2) is 23.3 Å². The quantitative estimate of drug-likeness (QED) is 0.476. The lowest BCUT2D eigenvalue weighted by Gasteiger charge is -2.13. The van der Waals surface area contributed by atoms with Gasteiger partial charge < -0.3 is 9.84 Å². The Morgan fingerprint density at radius 3 is 2.26 bits per heavy atom. The molecule has 1 aliphatic carbocycles. The number of fused-ring (bicyclic) bond motifs is 1. The number of ether oxygens (including phenoxy) is 1. The molecule has 1 aliphatic heterocycles. The number of carbonyl (C=O) groups excluding carboxylic acids is 2. The number of carbonyl (C=O) groups is 2. The van der Waals surface area contributed by atoms with Gasteiger partial charge in [-0.3, -0.25) is 9.59 Å². The van der Waals surface area contributed by atoms with Gasteiger partial charge in [0.25, 0.3) is 0 Å². The molecule has 0 fully saturated rings. The predicted molar refractivity (Wildman–Crippen MR) is 68.0 cm³/mol. The van der Waals surface area contributed by atoms with Crippen molar-refractivity contribution >= 4 is 11.6 Å². The largest absolute Gasteiger partial charge is 0.507 e. The van der Waals surface area contributed by atoms with Crippen LogP contribution in [0.4, 0.5) is 0 Å². The van der Waals surface area contributed by atoms with E-state index in [0.717, 1.165) is 6.42 Å². The number of benzene rings is 1. The third-order valence-electron chi connectivity index (χ3n) is 3.35. The molecule has 1 N–H and O–H groups in total. The summed E-state index contributed by atoms with van der Waals surface area (Å²) in [6, 6.07) is 6.60. The van der Waals surface area contributed by atoms with Crippen molar-refractivity contribution in [2.75, 3.05) is 6.61 Å². The highest BCUT2D eigenvalue weighted by atomic mass is 16.5. The average Bonchev–Trinajstić information content (AvgIpc) is 2.72. The Kier molecular flexibility index (Phi) is 2.71. The van der Waals surface area contributed by atoms with E-state index in [1.807, 2.05) is 0 Å². The van der Waals surface area contributed by atoms with Crippen molar-refractivity contribution in [2.24, 2.45) is 0 Å². The monoisotopic (exact) mass is 256 g/mol. The van der Waals surface area contributed by atoms with Crippen LogP contribution in [0.5, 0.6) is 0 Å². The first-order chi connectivity index (χ1) is 9.20. The van der Waals surface area contributed by atoms with Crippen LogP contribution in [0, 0.1) is 0 Å². The Bertz CT molecular complexity index is 600. The Balaban J connectivity index is 2.10. The summed E-state index contributed by atoms with van der Waals surface area (Å²) in [6.07, 6.45) is 2.79. The lowest BCUT2D eigenvalue weighted by Crippen LogP contribution is -2.09.